The monoisotopic (exact) mass is 278 g/mol. The van der Waals surface area contributed by atoms with Gasteiger partial charge in [-0.2, -0.15) is 0 Å². The molecule has 0 unspecified atom stereocenters. The zero-order valence-electron chi connectivity index (χ0n) is 11.1. The fourth-order valence-corrected chi connectivity index (χ4v) is 1.69. The molecule has 0 saturated carbocycles. The van der Waals surface area contributed by atoms with Crippen LogP contribution in [0.2, 0.25) is 0 Å². The minimum Gasteiger partial charge on any atom is -0.481 e. The molecule has 20 heavy (non-hydrogen) atoms. The van der Waals surface area contributed by atoms with Crippen LogP contribution in [-0.2, 0) is 20.8 Å². The third kappa shape index (κ3) is 6.53. The molecule has 0 radical (unpaired) electrons. The fraction of sp³-hybridized carbons (Fsp3) is 0.357. The summed E-state index contributed by atoms with van der Waals surface area (Å²) < 4.78 is 0. The van der Waals surface area contributed by atoms with Gasteiger partial charge in [-0.05, 0) is 30.5 Å². The number of carboxylic acid groups (broad SMARTS) is 1. The van der Waals surface area contributed by atoms with Crippen LogP contribution in [0.5, 0.6) is 0 Å². The van der Waals surface area contributed by atoms with Gasteiger partial charge in [-0.25, -0.2) is 0 Å². The third-order valence-corrected chi connectivity index (χ3v) is 2.66. The van der Waals surface area contributed by atoms with E-state index in [1.54, 1.807) is 24.3 Å². The number of nitrogens with one attached hydrogen (secondary N) is 1. The van der Waals surface area contributed by atoms with E-state index < -0.39 is 11.9 Å². The van der Waals surface area contributed by atoms with Crippen molar-refractivity contribution in [3.05, 3.63) is 29.8 Å². The number of anilines is 1. The Balaban J connectivity index is 2.34. The first kappa shape index (κ1) is 15.7. The number of benzene rings is 1. The van der Waals surface area contributed by atoms with Crippen LogP contribution in [0.1, 0.15) is 31.2 Å². The van der Waals surface area contributed by atoms with Gasteiger partial charge < -0.3 is 16.2 Å². The highest BCUT2D eigenvalue weighted by Crippen LogP contribution is 2.11. The first-order valence-corrected chi connectivity index (χ1v) is 6.36. The summed E-state index contributed by atoms with van der Waals surface area (Å²) in [5, 5.41) is 11.2. The molecule has 0 aromatic heterocycles. The lowest BCUT2D eigenvalue weighted by Crippen LogP contribution is -2.14. The molecule has 0 aliphatic carbocycles. The van der Waals surface area contributed by atoms with Crippen LogP contribution in [0.3, 0.4) is 0 Å². The first-order valence-electron chi connectivity index (χ1n) is 6.36. The molecule has 0 heterocycles. The van der Waals surface area contributed by atoms with Gasteiger partial charge in [-0.15, -0.1) is 0 Å². The molecule has 6 heteroatoms. The summed E-state index contributed by atoms with van der Waals surface area (Å²) in [5.41, 5.74) is 6.51. The van der Waals surface area contributed by atoms with E-state index in [4.69, 9.17) is 10.8 Å². The highest BCUT2D eigenvalue weighted by atomic mass is 16.4. The number of rotatable bonds is 8. The number of hydrogen-bond donors (Lipinski definition) is 3. The maximum atomic E-state index is 11.6. The van der Waals surface area contributed by atoms with Crippen LogP contribution in [-0.4, -0.2) is 22.9 Å². The number of amides is 2. The van der Waals surface area contributed by atoms with Gasteiger partial charge in [0.25, 0.3) is 0 Å². The largest absolute Gasteiger partial charge is 0.481 e. The summed E-state index contributed by atoms with van der Waals surface area (Å²) in [5.74, 6) is -1.41. The highest BCUT2D eigenvalue weighted by Gasteiger charge is 2.04. The smallest absolute Gasteiger partial charge is 0.303 e. The quantitative estimate of drug-likeness (QED) is 0.622. The van der Waals surface area contributed by atoms with E-state index in [1.165, 1.54) is 0 Å². The van der Waals surface area contributed by atoms with Crippen LogP contribution in [0, 0.1) is 0 Å². The fourth-order valence-electron chi connectivity index (χ4n) is 1.69. The summed E-state index contributed by atoms with van der Waals surface area (Å²) >= 11 is 0. The molecular weight excluding hydrogens is 260 g/mol. The number of hydrogen-bond acceptors (Lipinski definition) is 3. The summed E-state index contributed by atoms with van der Waals surface area (Å²) in [6.45, 7) is 0. The second kappa shape index (κ2) is 7.93. The van der Waals surface area contributed by atoms with E-state index in [2.05, 4.69) is 5.32 Å². The van der Waals surface area contributed by atoms with E-state index in [-0.39, 0.29) is 25.2 Å². The topological polar surface area (TPSA) is 109 Å². The molecule has 0 atom stereocenters. The van der Waals surface area contributed by atoms with Crippen molar-refractivity contribution in [2.45, 2.75) is 32.1 Å². The SMILES string of the molecule is NC(=O)Cc1ccc(NC(=O)CCCCC(=O)O)cc1. The molecule has 0 saturated heterocycles. The lowest BCUT2D eigenvalue weighted by Gasteiger charge is -2.06. The van der Waals surface area contributed by atoms with Crippen molar-refractivity contribution in [2.24, 2.45) is 5.73 Å². The summed E-state index contributed by atoms with van der Waals surface area (Å²) in [4.78, 5) is 32.6. The van der Waals surface area contributed by atoms with Crippen molar-refractivity contribution < 1.29 is 19.5 Å². The van der Waals surface area contributed by atoms with Gasteiger partial charge in [0.2, 0.25) is 11.8 Å². The summed E-state index contributed by atoms with van der Waals surface area (Å²) in [6.07, 6.45) is 1.56. The number of primary amides is 1. The van der Waals surface area contributed by atoms with Gasteiger partial charge in [-0.1, -0.05) is 12.1 Å². The number of carboxylic acids is 1. The third-order valence-electron chi connectivity index (χ3n) is 2.66. The van der Waals surface area contributed by atoms with E-state index in [1.807, 2.05) is 0 Å². The average molecular weight is 278 g/mol. The normalized spacial score (nSPS) is 10.0. The zero-order chi connectivity index (χ0) is 15.0. The van der Waals surface area contributed by atoms with Gasteiger partial charge in [0.05, 0.1) is 6.42 Å². The zero-order valence-corrected chi connectivity index (χ0v) is 11.1. The Morgan fingerprint density at radius 3 is 2.20 bits per heavy atom. The number of aliphatic carboxylic acids is 1. The Hall–Kier alpha value is -2.37. The Morgan fingerprint density at radius 2 is 1.65 bits per heavy atom. The summed E-state index contributed by atoms with van der Waals surface area (Å²) in [6, 6.07) is 6.86. The molecule has 4 N–H and O–H groups in total. The molecule has 1 aromatic carbocycles. The Labute approximate surface area is 117 Å². The van der Waals surface area contributed by atoms with Crippen LogP contribution < -0.4 is 11.1 Å². The molecule has 1 rings (SSSR count). The van der Waals surface area contributed by atoms with Crippen molar-refractivity contribution in [3.8, 4) is 0 Å². The van der Waals surface area contributed by atoms with Gasteiger partial charge >= 0.3 is 5.97 Å². The summed E-state index contributed by atoms with van der Waals surface area (Å²) in [7, 11) is 0. The maximum Gasteiger partial charge on any atom is 0.303 e. The van der Waals surface area contributed by atoms with Crippen LogP contribution in [0.4, 0.5) is 5.69 Å². The lowest BCUT2D eigenvalue weighted by atomic mass is 10.1. The standard InChI is InChI=1S/C14H18N2O4/c15-12(17)9-10-5-7-11(8-6-10)16-13(18)3-1-2-4-14(19)20/h5-8H,1-4,9H2,(H2,15,17)(H,16,18)(H,19,20). The van der Waals surface area contributed by atoms with E-state index in [0.29, 0.717) is 18.5 Å². The Bertz CT molecular complexity index is 482. The van der Waals surface area contributed by atoms with Gasteiger partial charge in [0.15, 0.2) is 0 Å². The molecule has 0 aliphatic rings. The number of nitrogens with two attached hydrogens (primary N) is 1. The van der Waals surface area contributed by atoms with Crippen molar-refractivity contribution in [3.63, 3.8) is 0 Å². The van der Waals surface area contributed by atoms with E-state index >= 15 is 0 Å². The molecule has 0 spiro atoms. The minimum absolute atomic E-state index is 0.0785. The molecule has 0 bridgehead atoms. The van der Waals surface area contributed by atoms with Crippen LogP contribution in [0.15, 0.2) is 24.3 Å². The Kier molecular flexibility index (Phi) is 6.22. The van der Waals surface area contributed by atoms with Crippen LogP contribution in [0.25, 0.3) is 0 Å². The molecule has 108 valence electrons. The average Bonchev–Trinajstić information content (AvgIpc) is 2.36. The van der Waals surface area contributed by atoms with Crippen LogP contribution >= 0.6 is 0 Å². The second-order valence-electron chi connectivity index (χ2n) is 4.49. The van der Waals surface area contributed by atoms with E-state index in [0.717, 1.165) is 5.56 Å². The van der Waals surface area contributed by atoms with Gasteiger partial charge in [0.1, 0.15) is 0 Å². The van der Waals surface area contributed by atoms with Gasteiger partial charge in [0, 0.05) is 18.5 Å². The minimum atomic E-state index is -0.851. The lowest BCUT2D eigenvalue weighted by molar-refractivity contribution is -0.137. The van der Waals surface area contributed by atoms with Crippen molar-refractivity contribution in [1.29, 1.82) is 0 Å². The molecule has 2 amide bonds. The molecular formula is C14H18N2O4. The maximum absolute atomic E-state index is 11.6. The predicted octanol–water partition coefficient (Wildman–Crippen LogP) is 1.30. The molecule has 1 aromatic rings. The second-order valence-corrected chi connectivity index (χ2v) is 4.49. The van der Waals surface area contributed by atoms with Crippen molar-refractivity contribution in [2.75, 3.05) is 5.32 Å². The predicted molar refractivity (Wildman–Crippen MR) is 74.1 cm³/mol. The van der Waals surface area contributed by atoms with E-state index in [9.17, 15) is 14.4 Å². The highest BCUT2D eigenvalue weighted by molar-refractivity contribution is 5.90. The molecule has 0 aliphatic heterocycles. The van der Waals surface area contributed by atoms with Crippen molar-refractivity contribution >= 4 is 23.5 Å². The molecule has 0 fully saturated rings. The number of carbonyl (C=O) groups excluding carboxylic acids is 2. The molecule has 6 nitrogen and oxygen atoms in total. The first-order chi connectivity index (χ1) is 9.47. The Morgan fingerprint density at radius 1 is 1.05 bits per heavy atom. The van der Waals surface area contributed by atoms with Gasteiger partial charge in [-0.3, -0.25) is 14.4 Å². The number of unbranched alkanes of at least 4 members (excludes halogenated alkanes) is 1. The van der Waals surface area contributed by atoms with Crippen molar-refractivity contribution in [1.82, 2.24) is 0 Å². The number of carbonyl (C=O) groups is 3.